The lowest BCUT2D eigenvalue weighted by Gasteiger charge is -2.19. The van der Waals surface area contributed by atoms with Crippen molar-refractivity contribution in [3.05, 3.63) is 29.8 Å². The molecule has 0 spiro atoms. The molecular formula is C15H20N2O4. The molecule has 2 atom stereocenters. The van der Waals surface area contributed by atoms with Crippen molar-refractivity contribution < 1.29 is 19.8 Å². The molecule has 1 amide bonds. The van der Waals surface area contributed by atoms with Crippen molar-refractivity contribution in [3.8, 4) is 5.75 Å². The van der Waals surface area contributed by atoms with Gasteiger partial charge in [-0.25, -0.2) is 0 Å². The summed E-state index contributed by atoms with van der Waals surface area (Å²) in [5, 5.41) is 20.8. The summed E-state index contributed by atoms with van der Waals surface area (Å²) in [6, 6.07) is 5.43. The fraction of sp³-hybridized carbons (Fsp3) is 0.467. The molecular weight excluding hydrogens is 272 g/mol. The third kappa shape index (κ3) is 4.75. The maximum atomic E-state index is 12.1. The fourth-order valence-electron chi connectivity index (χ4n) is 2.29. The number of rotatable bonds is 7. The van der Waals surface area contributed by atoms with Crippen LogP contribution in [-0.4, -0.2) is 34.2 Å². The van der Waals surface area contributed by atoms with Gasteiger partial charge in [0, 0.05) is 6.04 Å². The van der Waals surface area contributed by atoms with Gasteiger partial charge in [0.15, 0.2) is 0 Å². The van der Waals surface area contributed by atoms with Gasteiger partial charge in [-0.05, 0) is 42.9 Å². The Balaban J connectivity index is 1.88. The SMILES string of the molecule is NC(Cc1ccc(O)cc1)C(=O)NC(CC(=O)O)C1CC1. The fourth-order valence-corrected chi connectivity index (χ4v) is 2.29. The van der Waals surface area contributed by atoms with E-state index in [9.17, 15) is 14.7 Å². The van der Waals surface area contributed by atoms with Gasteiger partial charge in [0.2, 0.25) is 5.91 Å². The van der Waals surface area contributed by atoms with E-state index in [-0.39, 0.29) is 30.0 Å². The molecule has 1 fully saturated rings. The van der Waals surface area contributed by atoms with Crippen LogP contribution in [0.5, 0.6) is 5.75 Å². The van der Waals surface area contributed by atoms with Crippen LogP contribution in [0.3, 0.4) is 0 Å². The van der Waals surface area contributed by atoms with Gasteiger partial charge >= 0.3 is 5.97 Å². The minimum Gasteiger partial charge on any atom is -0.508 e. The maximum Gasteiger partial charge on any atom is 0.305 e. The first kappa shape index (κ1) is 15.3. The van der Waals surface area contributed by atoms with Crippen LogP contribution in [0.25, 0.3) is 0 Å². The van der Waals surface area contributed by atoms with Crippen LogP contribution >= 0.6 is 0 Å². The molecule has 0 aromatic heterocycles. The lowest BCUT2D eigenvalue weighted by atomic mass is 10.0. The average molecular weight is 292 g/mol. The van der Waals surface area contributed by atoms with Crippen molar-refractivity contribution >= 4 is 11.9 Å². The van der Waals surface area contributed by atoms with Crippen molar-refractivity contribution in [2.45, 2.75) is 37.8 Å². The first-order valence-corrected chi connectivity index (χ1v) is 7.01. The second kappa shape index (κ2) is 6.58. The van der Waals surface area contributed by atoms with Crippen LogP contribution in [0.4, 0.5) is 0 Å². The molecule has 21 heavy (non-hydrogen) atoms. The van der Waals surface area contributed by atoms with Crippen LogP contribution < -0.4 is 11.1 Å². The Hall–Kier alpha value is -2.08. The monoisotopic (exact) mass is 292 g/mol. The molecule has 1 saturated carbocycles. The average Bonchev–Trinajstić information content (AvgIpc) is 3.24. The van der Waals surface area contributed by atoms with E-state index in [1.54, 1.807) is 12.1 Å². The highest BCUT2D eigenvalue weighted by Gasteiger charge is 2.34. The molecule has 0 bridgehead atoms. The van der Waals surface area contributed by atoms with E-state index in [2.05, 4.69) is 5.32 Å². The standard InChI is InChI=1S/C15H20N2O4/c16-12(7-9-1-5-11(18)6-2-9)15(21)17-13(8-14(19)20)10-3-4-10/h1-2,5-6,10,12-13,18H,3-4,7-8,16H2,(H,17,21)(H,19,20). The number of carboxylic acids is 1. The van der Waals surface area contributed by atoms with Crippen molar-refractivity contribution in [2.75, 3.05) is 0 Å². The van der Waals surface area contributed by atoms with Gasteiger partial charge in [-0.15, -0.1) is 0 Å². The summed E-state index contributed by atoms with van der Waals surface area (Å²) >= 11 is 0. The summed E-state index contributed by atoms with van der Waals surface area (Å²) in [6.07, 6.45) is 2.18. The summed E-state index contributed by atoms with van der Waals surface area (Å²) in [5.41, 5.74) is 6.71. The molecule has 0 radical (unpaired) electrons. The first-order chi connectivity index (χ1) is 9.95. The zero-order valence-electron chi connectivity index (χ0n) is 11.7. The first-order valence-electron chi connectivity index (χ1n) is 7.01. The van der Waals surface area contributed by atoms with E-state index < -0.39 is 12.0 Å². The number of phenolic OH excluding ortho intramolecular Hbond substituents is 1. The zero-order chi connectivity index (χ0) is 15.4. The number of amides is 1. The molecule has 1 aliphatic rings. The number of hydrogen-bond acceptors (Lipinski definition) is 4. The van der Waals surface area contributed by atoms with Crippen LogP contribution in [0, 0.1) is 5.92 Å². The molecule has 0 saturated heterocycles. The van der Waals surface area contributed by atoms with Gasteiger partial charge < -0.3 is 21.3 Å². The third-order valence-corrected chi connectivity index (χ3v) is 3.64. The number of aliphatic carboxylic acids is 1. The molecule has 2 rings (SSSR count). The summed E-state index contributed by atoms with van der Waals surface area (Å²) in [5.74, 6) is -0.835. The van der Waals surface area contributed by atoms with E-state index in [1.165, 1.54) is 12.1 Å². The molecule has 6 heteroatoms. The molecule has 1 aliphatic carbocycles. The maximum absolute atomic E-state index is 12.1. The Bertz CT molecular complexity index is 511. The predicted octanol–water partition coefficient (Wildman–Crippen LogP) is 0.631. The second-order valence-electron chi connectivity index (χ2n) is 5.53. The molecule has 0 heterocycles. The van der Waals surface area contributed by atoms with E-state index in [0.717, 1.165) is 18.4 Å². The predicted molar refractivity (Wildman–Crippen MR) is 76.7 cm³/mol. The van der Waals surface area contributed by atoms with Crippen molar-refractivity contribution in [2.24, 2.45) is 11.7 Å². The molecule has 6 nitrogen and oxygen atoms in total. The Labute approximate surface area is 123 Å². The number of nitrogens with two attached hydrogens (primary N) is 1. The quantitative estimate of drug-likeness (QED) is 0.589. The normalized spacial score (nSPS) is 17.0. The summed E-state index contributed by atoms with van der Waals surface area (Å²) in [6.45, 7) is 0. The zero-order valence-corrected chi connectivity index (χ0v) is 11.7. The Morgan fingerprint density at radius 2 is 1.90 bits per heavy atom. The van der Waals surface area contributed by atoms with Gasteiger partial charge in [-0.3, -0.25) is 9.59 Å². The highest BCUT2D eigenvalue weighted by molar-refractivity contribution is 5.82. The van der Waals surface area contributed by atoms with Crippen molar-refractivity contribution in [1.29, 1.82) is 0 Å². The number of hydrogen-bond donors (Lipinski definition) is 4. The smallest absolute Gasteiger partial charge is 0.305 e. The van der Waals surface area contributed by atoms with Crippen LogP contribution in [-0.2, 0) is 16.0 Å². The van der Waals surface area contributed by atoms with E-state index in [4.69, 9.17) is 10.8 Å². The van der Waals surface area contributed by atoms with Crippen LogP contribution in [0.2, 0.25) is 0 Å². The van der Waals surface area contributed by atoms with E-state index in [0.29, 0.717) is 6.42 Å². The lowest BCUT2D eigenvalue weighted by Crippen LogP contribution is -2.47. The Morgan fingerprint density at radius 1 is 1.29 bits per heavy atom. The highest BCUT2D eigenvalue weighted by Crippen LogP contribution is 2.34. The van der Waals surface area contributed by atoms with E-state index >= 15 is 0 Å². The van der Waals surface area contributed by atoms with Crippen LogP contribution in [0.1, 0.15) is 24.8 Å². The lowest BCUT2D eigenvalue weighted by molar-refractivity contribution is -0.138. The highest BCUT2D eigenvalue weighted by atomic mass is 16.4. The van der Waals surface area contributed by atoms with Crippen molar-refractivity contribution in [1.82, 2.24) is 5.32 Å². The van der Waals surface area contributed by atoms with Gasteiger partial charge in [-0.2, -0.15) is 0 Å². The van der Waals surface area contributed by atoms with E-state index in [1.807, 2.05) is 0 Å². The number of benzene rings is 1. The number of carbonyl (C=O) groups excluding carboxylic acids is 1. The number of nitrogens with one attached hydrogen (secondary N) is 1. The largest absolute Gasteiger partial charge is 0.508 e. The van der Waals surface area contributed by atoms with Gasteiger partial charge in [-0.1, -0.05) is 12.1 Å². The Kier molecular flexibility index (Phi) is 4.80. The number of carboxylic acid groups (broad SMARTS) is 1. The summed E-state index contributed by atoms with van der Waals surface area (Å²) in [4.78, 5) is 22.9. The minimum absolute atomic E-state index is 0.0671. The van der Waals surface area contributed by atoms with Crippen molar-refractivity contribution in [3.63, 3.8) is 0 Å². The van der Waals surface area contributed by atoms with Gasteiger partial charge in [0.25, 0.3) is 0 Å². The summed E-state index contributed by atoms with van der Waals surface area (Å²) in [7, 11) is 0. The molecule has 1 aromatic carbocycles. The molecule has 2 unspecified atom stereocenters. The van der Waals surface area contributed by atoms with Gasteiger partial charge in [0.05, 0.1) is 12.5 Å². The summed E-state index contributed by atoms with van der Waals surface area (Å²) < 4.78 is 0. The number of phenols is 1. The molecule has 5 N–H and O–H groups in total. The van der Waals surface area contributed by atoms with Crippen LogP contribution in [0.15, 0.2) is 24.3 Å². The minimum atomic E-state index is -0.917. The number of carbonyl (C=O) groups is 2. The van der Waals surface area contributed by atoms with Gasteiger partial charge in [0.1, 0.15) is 5.75 Å². The molecule has 1 aromatic rings. The second-order valence-corrected chi connectivity index (χ2v) is 5.53. The topological polar surface area (TPSA) is 113 Å². The Morgan fingerprint density at radius 3 is 2.43 bits per heavy atom. The number of aromatic hydroxyl groups is 1. The molecule has 114 valence electrons. The molecule has 0 aliphatic heterocycles. The third-order valence-electron chi connectivity index (χ3n) is 3.64.